The van der Waals surface area contributed by atoms with Gasteiger partial charge in [0.15, 0.2) is 0 Å². The highest BCUT2D eigenvalue weighted by molar-refractivity contribution is 5.80. The first-order valence-corrected chi connectivity index (χ1v) is 8.16. The quantitative estimate of drug-likeness (QED) is 0.304. The van der Waals surface area contributed by atoms with Gasteiger partial charge in [0.1, 0.15) is 0 Å². The SMILES string of the molecule is C=CC(=O)O.C=CC(=O)O.C=CC(=O)O.C=CC(=O)O.C=CC(=O)O.C=CC(=O)O.CCC. The molecule has 0 aliphatic rings. The van der Waals surface area contributed by atoms with Crippen LogP contribution in [0, 0.1) is 0 Å². The lowest BCUT2D eigenvalue weighted by Crippen LogP contribution is -1.82. The Morgan fingerprint density at radius 1 is 0.424 bits per heavy atom. The summed E-state index contributed by atoms with van der Waals surface area (Å²) in [5.41, 5.74) is 0. The topological polar surface area (TPSA) is 224 Å². The van der Waals surface area contributed by atoms with Gasteiger partial charge >= 0.3 is 35.8 Å². The van der Waals surface area contributed by atoms with Crippen LogP contribution in [0.2, 0.25) is 0 Å². The first kappa shape index (κ1) is 46.5. The highest BCUT2D eigenvalue weighted by atomic mass is 16.4. The minimum atomic E-state index is -0.981. The van der Waals surface area contributed by atoms with Crippen molar-refractivity contribution in [3.8, 4) is 0 Å². The fraction of sp³-hybridized carbons (Fsp3) is 0.143. The normalized spacial score (nSPS) is 6.36. The molecule has 0 unspecified atom stereocenters. The van der Waals surface area contributed by atoms with E-state index in [4.69, 9.17) is 30.6 Å². The summed E-state index contributed by atoms with van der Waals surface area (Å²) in [6.45, 7) is 22.0. The van der Waals surface area contributed by atoms with E-state index in [0.717, 1.165) is 36.5 Å². The van der Waals surface area contributed by atoms with Crippen molar-refractivity contribution in [1.82, 2.24) is 0 Å². The highest BCUT2D eigenvalue weighted by Gasteiger charge is 1.75. The van der Waals surface area contributed by atoms with E-state index in [1.54, 1.807) is 0 Å². The van der Waals surface area contributed by atoms with Crippen molar-refractivity contribution < 1.29 is 59.4 Å². The van der Waals surface area contributed by atoms with Gasteiger partial charge in [-0.3, -0.25) is 0 Å². The number of carbonyl (C=O) groups is 6. The molecule has 0 rings (SSSR count). The molecule has 0 spiro atoms. The van der Waals surface area contributed by atoms with Crippen LogP contribution in [-0.2, 0) is 28.8 Å². The zero-order valence-electron chi connectivity index (χ0n) is 18.5. The van der Waals surface area contributed by atoms with Crippen LogP contribution in [-0.4, -0.2) is 66.5 Å². The molecule has 12 nitrogen and oxygen atoms in total. The highest BCUT2D eigenvalue weighted by Crippen LogP contribution is 1.57. The molecule has 0 aromatic carbocycles. The fourth-order valence-electron chi connectivity index (χ4n) is 0. The van der Waals surface area contributed by atoms with Gasteiger partial charge in [0.2, 0.25) is 0 Å². The maximum Gasteiger partial charge on any atom is 0.327 e. The van der Waals surface area contributed by atoms with Crippen LogP contribution in [0.15, 0.2) is 75.9 Å². The molecule has 0 aliphatic carbocycles. The van der Waals surface area contributed by atoms with Crippen LogP contribution in [0.25, 0.3) is 0 Å². The smallest absolute Gasteiger partial charge is 0.327 e. The predicted molar refractivity (Wildman–Crippen MR) is 123 cm³/mol. The number of carboxylic acids is 6. The van der Waals surface area contributed by atoms with Gasteiger partial charge in [-0.25, -0.2) is 28.8 Å². The van der Waals surface area contributed by atoms with Gasteiger partial charge in [-0.1, -0.05) is 59.7 Å². The van der Waals surface area contributed by atoms with Gasteiger partial charge < -0.3 is 30.6 Å². The average Bonchev–Trinajstić information content (AvgIpc) is 2.75. The van der Waals surface area contributed by atoms with E-state index in [2.05, 4.69) is 53.3 Å². The van der Waals surface area contributed by atoms with E-state index in [9.17, 15) is 28.8 Å². The zero-order chi connectivity index (χ0) is 28.4. The first-order chi connectivity index (χ1) is 15.0. The second-order valence-corrected chi connectivity index (χ2v) is 3.96. The summed E-state index contributed by atoms with van der Waals surface area (Å²) in [5, 5.41) is 45.6. The van der Waals surface area contributed by atoms with E-state index in [1.165, 1.54) is 6.42 Å². The average molecular weight is 476 g/mol. The van der Waals surface area contributed by atoms with Gasteiger partial charge in [-0.2, -0.15) is 0 Å². The molecule has 0 aromatic rings. The van der Waals surface area contributed by atoms with Crippen molar-refractivity contribution in [2.75, 3.05) is 0 Å². The molecule has 6 N–H and O–H groups in total. The summed E-state index contributed by atoms with van der Waals surface area (Å²) in [7, 11) is 0. The largest absolute Gasteiger partial charge is 0.478 e. The molecule has 0 saturated heterocycles. The van der Waals surface area contributed by atoms with E-state index in [0.29, 0.717) is 0 Å². The summed E-state index contributed by atoms with van der Waals surface area (Å²) in [6.07, 6.45) is 6.25. The van der Waals surface area contributed by atoms with Crippen LogP contribution >= 0.6 is 0 Å². The van der Waals surface area contributed by atoms with E-state index >= 15 is 0 Å². The monoisotopic (exact) mass is 476 g/mol. The number of aliphatic carboxylic acids is 6. The van der Waals surface area contributed by atoms with Crippen LogP contribution in [0.4, 0.5) is 0 Å². The van der Waals surface area contributed by atoms with Crippen LogP contribution in [0.1, 0.15) is 20.3 Å². The van der Waals surface area contributed by atoms with Crippen LogP contribution < -0.4 is 0 Å². The molecular weight excluding hydrogens is 444 g/mol. The van der Waals surface area contributed by atoms with Crippen molar-refractivity contribution in [3.05, 3.63) is 75.9 Å². The molecule has 0 fully saturated rings. The molecule has 0 amide bonds. The molecule has 0 aromatic heterocycles. The fourth-order valence-corrected chi connectivity index (χ4v) is 0. The Bertz CT molecular complexity index is 492. The minimum absolute atomic E-state index is 0.833. The van der Waals surface area contributed by atoms with E-state index in [1.807, 2.05) is 0 Å². The van der Waals surface area contributed by atoms with Gasteiger partial charge in [0.05, 0.1) is 0 Å². The molecule has 0 heterocycles. The molecule has 188 valence electrons. The number of carboxylic acid groups (broad SMARTS) is 6. The molecule has 0 bridgehead atoms. The Morgan fingerprint density at radius 2 is 0.455 bits per heavy atom. The van der Waals surface area contributed by atoms with Crippen molar-refractivity contribution >= 4 is 35.8 Å². The predicted octanol–water partition coefficient (Wildman–Crippen LogP) is 2.96. The maximum atomic E-state index is 9.25. The summed E-state index contributed by atoms with van der Waals surface area (Å²) in [5.74, 6) is -5.89. The standard InChI is InChI=1S/6C3H4O2.C3H8/c6*1-2-3(4)5;1-3-2/h6*2H,1H2,(H,4,5);3H2,1-2H3. The van der Waals surface area contributed by atoms with Gasteiger partial charge in [-0.15, -0.1) is 0 Å². The molecule has 0 saturated carbocycles. The third kappa shape index (κ3) is 330. The molecule has 0 aliphatic heterocycles. The lowest BCUT2D eigenvalue weighted by atomic mass is 10.6. The summed E-state index contributed by atoms with van der Waals surface area (Å²) in [4.78, 5) is 55.5. The van der Waals surface area contributed by atoms with Gasteiger partial charge in [0.25, 0.3) is 0 Å². The van der Waals surface area contributed by atoms with Gasteiger partial charge in [0, 0.05) is 36.5 Å². The Morgan fingerprint density at radius 3 is 0.455 bits per heavy atom. The van der Waals surface area contributed by atoms with E-state index < -0.39 is 35.8 Å². The van der Waals surface area contributed by atoms with E-state index in [-0.39, 0.29) is 0 Å². The van der Waals surface area contributed by atoms with Crippen molar-refractivity contribution in [2.45, 2.75) is 20.3 Å². The molecule has 0 radical (unpaired) electrons. The number of hydrogen-bond acceptors (Lipinski definition) is 6. The maximum absolute atomic E-state index is 9.25. The third-order valence-corrected chi connectivity index (χ3v) is 1.05. The zero-order valence-corrected chi connectivity index (χ0v) is 18.5. The Kier molecular flexibility index (Phi) is 64.5. The van der Waals surface area contributed by atoms with Crippen LogP contribution in [0.3, 0.4) is 0 Å². The number of hydrogen-bond donors (Lipinski definition) is 6. The Balaban J connectivity index is -0.0000000480. The minimum Gasteiger partial charge on any atom is -0.478 e. The Labute approximate surface area is 192 Å². The second-order valence-electron chi connectivity index (χ2n) is 3.96. The van der Waals surface area contributed by atoms with Gasteiger partial charge in [-0.05, 0) is 0 Å². The summed E-state index contributed by atoms with van der Waals surface area (Å²) < 4.78 is 0. The Hall–Kier alpha value is -4.74. The molecule has 0 atom stereocenters. The lowest BCUT2D eigenvalue weighted by molar-refractivity contribution is -0.132. The van der Waals surface area contributed by atoms with Crippen LogP contribution in [0.5, 0.6) is 0 Å². The lowest BCUT2D eigenvalue weighted by Gasteiger charge is -1.64. The van der Waals surface area contributed by atoms with Crippen molar-refractivity contribution in [2.24, 2.45) is 0 Å². The molecule has 33 heavy (non-hydrogen) atoms. The first-order valence-electron chi connectivity index (χ1n) is 8.16. The molecule has 12 heteroatoms. The third-order valence-electron chi connectivity index (χ3n) is 1.05. The number of rotatable bonds is 6. The van der Waals surface area contributed by atoms with Crippen molar-refractivity contribution in [1.29, 1.82) is 0 Å². The molecular formula is C21H32O12. The summed E-state index contributed by atoms with van der Waals surface area (Å²) in [6, 6.07) is 0. The van der Waals surface area contributed by atoms with Crippen molar-refractivity contribution in [3.63, 3.8) is 0 Å². The summed E-state index contributed by atoms with van der Waals surface area (Å²) >= 11 is 0. The second kappa shape index (κ2) is 45.8.